The van der Waals surface area contributed by atoms with E-state index in [1.165, 1.54) is 17.2 Å². The van der Waals surface area contributed by atoms with Crippen LogP contribution < -0.4 is 4.90 Å². The Morgan fingerprint density at radius 2 is 1.78 bits per heavy atom. The van der Waals surface area contributed by atoms with Crippen LogP contribution in [0.1, 0.15) is 20.8 Å². The molecule has 6 rings (SSSR count). The van der Waals surface area contributed by atoms with Crippen LogP contribution in [0.2, 0.25) is 0 Å². The van der Waals surface area contributed by atoms with Gasteiger partial charge in [-0.3, -0.25) is 19.5 Å². The number of nitrogens with zero attached hydrogens (tertiary/aromatic N) is 10. The first-order valence-electron chi connectivity index (χ1n) is 14.3. The Kier molecular flexibility index (Phi) is 8.04. The number of Topliss-reactive ketones (excluding diaryl/α,β-unsaturated/α-hetero) is 1. The summed E-state index contributed by atoms with van der Waals surface area (Å²) in [5.41, 5.74) is 1.63. The highest BCUT2D eigenvalue weighted by Gasteiger charge is 2.31. The summed E-state index contributed by atoms with van der Waals surface area (Å²) in [4.78, 5) is 53.6. The topological polar surface area (TPSA) is 165 Å². The molecule has 2 amide bonds. The molecule has 4 aromatic heterocycles. The number of pyridine rings is 1. The predicted octanol–water partition coefficient (Wildman–Crippen LogP) is 1.23. The Bertz CT molecular complexity index is 1860. The number of nitrogens with one attached hydrogen (secondary N) is 2. The predicted molar refractivity (Wildman–Crippen MR) is 161 cm³/mol. The number of halogens is 1. The smallest absolute Gasteiger partial charge is 0.295 e. The van der Waals surface area contributed by atoms with Gasteiger partial charge in [0.2, 0.25) is 5.95 Å². The van der Waals surface area contributed by atoms with Crippen molar-refractivity contribution in [3.63, 3.8) is 0 Å². The molecule has 0 unspecified atom stereocenters. The van der Waals surface area contributed by atoms with Crippen molar-refractivity contribution in [3.8, 4) is 17.1 Å². The van der Waals surface area contributed by atoms with E-state index in [0.717, 1.165) is 11.9 Å². The number of rotatable bonds is 9. The van der Waals surface area contributed by atoms with Crippen molar-refractivity contribution in [3.05, 3.63) is 65.9 Å². The number of aromatic nitrogens is 8. The molecule has 16 heteroatoms. The molecule has 0 saturated carbocycles. The van der Waals surface area contributed by atoms with Gasteiger partial charge in [-0.1, -0.05) is 23.3 Å². The van der Waals surface area contributed by atoms with Crippen molar-refractivity contribution in [1.29, 1.82) is 0 Å². The third kappa shape index (κ3) is 5.74. The van der Waals surface area contributed by atoms with E-state index in [1.54, 1.807) is 16.6 Å². The van der Waals surface area contributed by atoms with Gasteiger partial charge in [0.15, 0.2) is 5.82 Å². The lowest BCUT2D eigenvalue weighted by molar-refractivity contribution is -0.126. The van der Waals surface area contributed by atoms with Crippen molar-refractivity contribution in [2.24, 2.45) is 0 Å². The highest BCUT2D eigenvalue weighted by atomic mass is 19.1. The summed E-state index contributed by atoms with van der Waals surface area (Å²) in [7, 11) is 5.52. The molecule has 0 radical (unpaired) electrons. The molecule has 0 aliphatic carbocycles. The molecule has 45 heavy (non-hydrogen) atoms. The van der Waals surface area contributed by atoms with Gasteiger partial charge in [0.1, 0.15) is 17.1 Å². The van der Waals surface area contributed by atoms with Gasteiger partial charge in [-0.2, -0.15) is 9.78 Å². The fourth-order valence-electron chi connectivity index (χ4n) is 5.18. The monoisotopic (exact) mass is 614 g/mol. The molecular formula is C29H31FN12O3. The van der Waals surface area contributed by atoms with Crippen molar-refractivity contribution >= 4 is 34.4 Å². The first-order valence-corrected chi connectivity index (χ1v) is 14.3. The number of carbonyl (C=O) groups is 3. The van der Waals surface area contributed by atoms with Crippen LogP contribution >= 0.6 is 0 Å². The van der Waals surface area contributed by atoms with Crippen molar-refractivity contribution in [2.45, 2.75) is 0 Å². The summed E-state index contributed by atoms with van der Waals surface area (Å²) in [6.45, 7) is 2.48. The molecule has 1 aliphatic rings. The van der Waals surface area contributed by atoms with Crippen LogP contribution in [0.15, 0.2) is 48.8 Å². The standard InChI is InChI=1S/C29H31FN12O3/c1-38(2)9-10-39(3)27(44)22-15-21(33-34-22)24-25-23(20(30)17-32-24)19(16-31-25)26(43)28(45)40-11-13-41(14-12-40)29-35-36-37-42(29)18-7-5-4-6-8-18/h4-8,15-17,31H,9-14H2,1-3H3,(H,33,34). The van der Waals surface area contributed by atoms with Crippen LogP contribution in [0.3, 0.4) is 0 Å². The summed E-state index contributed by atoms with van der Waals surface area (Å²) < 4.78 is 16.8. The summed E-state index contributed by atoms with van der Waals surface area (Å²) in [5, 5.41) is 18.9. The van der Waals surface area contributed by atoms with Gasteiger partial charge < -0.3 is 24.6 Å². The molecule has 0 spiro atoms. The van der Waals surface area contributed by atoms with Gasteiger partial charge in [-0.05, 0) is 42.7 Å². The van der Waals surface area contributed by atoms with Crippen LogP contribution in [-0.2, 0) is 4.79 Å². The van der Waals surface area contributed by atoms with Gasteiger partial charge >= 0.3 is 0 Å². The van der Waals surface area contributed by atoms with E-state index in [4.69, 9.17) is 0 Å². The van der Waals surface area contributed by atoms with E-state index in [1.807, 2.05) is 54.2 Å². The van der Waals surface area contributed by atoms with Crippen LogP contribution in [0.5, 0.6) is 0 Å². The number of carbonyl (C=O) groups excluding carboxylic acids is 3. The number of fused-ring (bicyclic) bond motifs is 1. The number of piperazine rings is 1. The SMILES string of the molecule is CN(C)CCN(C)C(=O)c1cc(-c2ncc(F)c3c(C(=O)C(=O)N4CCN(c5nnnn5-c5ccccc5)CC4)c[nH]c23)n[nH]1. The zero-order valence-corrected chi connectivity index (χ0v) is 24.9. The quantitative estimate of drug-likeness (QED) is 0.182. The zero-order valence-electron chi connectivity index (χ0n) is 24.9. The lowest BCUT2D eigenvalue weighted by atomic mass is 10.1. The molecule has 1 fully saturated rings. The average molecular weight is 615 g/mol. The number of H-pyrrole nitrogens is 2. The maximum absolute atomic E-state index is 15.1. The second kappa shape index (κ2) is 12.2. The largest absolute Gasteiger partial charge is 0.359 e. The Morgan fingerprint density at radius 1 is 1.02 bits per heavy atom. The number of hydrogen-bond donors (Lipinski definition) is 2. The van der Waals surface area contributed by atoms with Crippen molar-refractivity contribution in [2.75, 3.05) is 65.3 Å². The van der Waals surface area contributed by atoms with E-state index in [2.05, 4.69) is 35.7 Å². The minimum absolute atomic E-state index is 0.0713. The van der Waals surface area contributed by atoms with Crippen molar-refractivity contribution in [1.82, 2.24) is 55.1 Å². The molecule has 1 aromatic carbocycles. The Labute approximate surface area is 256 Å². The highest BCUT2D eigenvalue weighted by molar-refractivity contribution is 6.45. The second-order valence-electron chi connectivity index (χ2n) is 10.9. The number of anilines is 1. The average Bonchev–Trinajstić information content (AvgIpc) is 3.84. The van der Waals surface area contributed by atoms with Crippen molar-refractivity contribution < 1.29 is 18.8 Å². The highest BCUT2D eigenvalue weighted by Crippen LogP contribution is 2.30. The molecule has 1 saturated heterocycles. The number of tetrazole rings is 1. The minimum Gasteiger partial charge on any atom is -0.359 e. The number of aromatic amines is 2. The third-order valence-electron chi connectivity index (χ3n) is 7.69. The maximum atomic E-state index is 15.1. The van der Waals surface area contributed by atoms with Crippen LogP contribution in [0.4, 0.5) is 10.3 Å². The molecule has 2 N–H and O–H groups in total. The molecule has 5 heterocycles. The number of benzene rings is 1. The molecule has 15 nitrogen and oxygen atoms in total. The van der Waals surface area contributed by atoms with Gasteiger partial charge in [-0.25, -0.2) is 9.37 Å². The van der Waals surface area contributed by atoms with Gasteiger partial charge in [0.25, 0.3) is 17.6 Å². The van der Waals surface area contributed by atoms with E-state index >= 15 is 4.39 Å². The Balaban J connectivity index is 1.17. The fraction of sp³-hybridized carbons (Fsp3) is 0.310. The lowest BCUT2D eigenvalue weighted by Crippen LogP contribution is -2.51. The van der Waals surface area contributed by atoms with Crippen LogP contribution in [-0.4, -0.2) is 133 Å². The molecule has 5 aromatic rings. The van der Waals surface area contributed by atoms with Gasteiger partial charge in [-0.15, -0.1) is 0 Å². The second-order valence-corrected chi connectivity index (χ2v) is 10.9. The molecule has 232 valence electrons. The summed E-state index contributed by atoms with van der Waals surface area (Å²) >= 11 is 0. The van der Waals surface area contributed by atoms with Crippen LogP contribution in [0, 0.1) is 5.82 Å². The van der Waals surface area contributed by atoms with E-state index in [9.17, 15) is 14.4 Å². The molecule has 1 aliphatic heterocycles. The van der Waals surface area contributed by atoms with Gasteiger partial charge in [0, 0.05) is 52.5 Å². The summed E-state index contributed by atoms with van der Waals surface area (Å²) in [6, 6.07) is 11.0. The normalized spacial score (nSPS) is 13.5. The van der Waals surface area contributed by atoms with Crippen LogP contribution in [0.25, 0.3) is 28.0 Å². The van der Waals surface area contributed by atoms with E-state index < -0.39 is 17.5 Å². The lowest BCUT2D eigenvalue weighted by Gasteiger charge is -2.34. The molecular weight excluding hydrogens is 583 g/mol. The molecule has 0 bridgehead atoms. The number of amides is 2. The number of ketones is 1. The zero-order chi connectivity index (χ0) is 31.7. The first kappa shape index (κ1) is 29.6. The molecule has 0 atom stereocenters. The maximum Gasteiger partial charge on any atom is 0.295 e. The van der Waals surface area contributed by atoms with Gasteiger partial charge in [0.05, 0.1) is 28.4 Å². The third-order valence-corrected chi connectivity index (χ3v) is 7.69. The summed E-state index contributed by atoms with van der Waals surface area (Å²) in [6.07, 6.45) is 2.28. The minimum atomic E-state index is -0.847. The van der Waals surface area contributed by atoms with E-state index in [0.29, 0.717) is 32.1 Å². The fourth-order valence-corrected chi connectivity index (χ4v) is 5.18. The number of likely N-dealkylation sites (N-methyl/N-ethyl adjacent to an activating group) is 2. The first-order chi connectivity index (χ1) is 21.7. The summed E-state index contributed by atoms with van der Waals surface area (Å²) in [5.74, 6) is -2.09. The Hall–Kier alpha value is -5.51. The number of para-hydroxylation sites is 1. The number of hydrogen-bond acceptors (Lipinski definition) is 10. The van der Waals surface area contributed by atoms with E-state index in [-0.39, 0.29) is 52.5 Å². The Morgan fingerprint density at radius 3 is 2.51 bits per heavy atom.